The zero-order valence-electron chi connectivity index (χ0n) is 9.93. The second-order valence-corrected chi connectivity index (χ2v) is 5.11. The fourth-order valence-corrected chi connectivity index (χ4v) is 2.40. The summed E-state index contributed by atoms with van der Waals surface area (Å²) in [5.41, 5.74) is -0.0664. The van der Waals surface area contributed by atoms with E-state index in [1.54, 1.807) is 28.3 Å². The SMILES string of the molecule is CCn1ccnc(NCc2ccc(C)s2)c1=O. The maximum absolute atomic E-state index is 11.9. The molecule has 0 bridgehead atoms. The molecule has 0 spiro atoms. The van der Waals surface area contributed by atoms with Gasteiger partial charge in [0.2, 0.25) is 0 Å². The molecule has 0 fully saturated rings. The van der Waals surface area contributed by atoms with E-state index in [0.717, 1.165) is 0 Å². The van der Waals surface area contributed by atoms with Gasteiger partial charge >= 0.3 is 0 Å². The average molecular weight is 249 g/mol. The molecule has 0 aliphatic heterocycles. The van der Waals surface area contributed by atoms with Crippen LogP contribution in [-0.2, 0) is 13.1 Å². The molecule has 0 saturated carbocycles. The highest BCUT2D eigenvalue weighted by Crippen LogP contribution is 2.15. The summed E-state index contributed by atoms with van der Waals surface area (Å²) < 4.78 is 1.63. The molecule has 0 aliphatic carbocycles. The van der Waals surface area contributed by atoms with E-state index in [1.807, 2.05) is 6.92 Å². The monoisotopic (exact) mass is 249 g/mol. The molecule has 2 rings (SSSR count). The Balaban J connectivity index is 2.11. The maximum Gasteiger partial charge on any atom is 0.293 e. The van der Waals surface area contributed by atoms with E-state index in [9.17, 15) is 4.79 Å². The van der Waals surface area contributed by atoms with Gasteiger partial charge in [0.25, 0.3) is 5.56 Å². The molecule has 90 valence electrons. The van der Waals surface area contributed by atoms with E-state index < -0.39 is 0 Å². The lowest BCUT2D eigenvalue weighted by atomic mass is 10.4. The Kier molecular flexibility index (Phi) is 3.58. The first kappa shape index (κ1) is 11.9. The van der Waals surface area contributed by atoms with Crippen LogP contribution in [-0.4, -0.2) is 9.55 Å². The molecule has 0 aliphatic rings. The van der Waals surface area contributed by atoms with Crippen molar-refractivity contribution in [3.63, 3.8) is 0 Å². The number of aryl methyl sites for hydroxylation is 2. The quantitative estimate of drug-likeness (QED) is 0.904. The number of nitrogens with zero attached hydrogens (tertiary/aromatic N) is 2. The fourth-order valence-electron chi connectivity index (χ4n) is 1.57. The van der Waals surface area contributed by atoms with Gasteiger partial charge in [-0.1, -0.05) is 0 Å². The van der Waals surface area contributed by atoms with E-state index in [0.29, 0.717) is 18.9 Å². The van der Waals surface area contributed by atoms with E-state index in [2.05, 4.69) is 29.4 Å². The summed E-state index contributed by atoms with van der Waals surface area (Å²) in [6.45, 7) is 5.31. The lowest BCUT2D eigenvalue weighted by Gasteiger charge is -2.06. The standard InChI is InChI=1S/C12H15N3OS/c1-3-15-7-6-13-11(12(15)16)14-8-10-5-4-9(2)17-10/h4-7H,3,8H2,1-2H3,(H,13,14). The molecule has 0 saturated heterocycles. The van der Waals surface area contributed by atoms with Crippen molar-refractivity contribution in [2.75, 3.05) is 5.32 Å². The van der Waals surface area contributed by atoms with E-state index >= 15 is 0 Å². The van der Waals surface area contributed by atoms with Gasteiger partial charge in [0.1, 0.15) is 0 Å². The molecule has 2 aromatic heterocycles. The second-order valence-electron chi connectivity index (χ2n) is 3.73. The number of hydrogen-bond donors (Lipinski definition) is 1. The van der Waals surface area contributed by atoms with Crippen LogP contribution in [0.3, 0.4) is 0 Å². The minimum absolute atomic E-state index is 0.0664. The Hall–Kier alpha value is -1.62. The molecule has 0 aromatic carbocycles. The van der Waals surface area contributed by atoms with Gasteiger partial charge in [0.05, 0.1) is 6.54 Å². The Morgan fingerprint density at radius 3 is 2.94 bits per heavy atom. The molecule has 17 heavy (non-hydrogen) atoms. The van der Waals surface area contributed by atoms with E-state index in [1.165, 1.54) is 9.75 Å². The minimum atomic E-state index is -0.0664. The van der Waals surface area contributed by atoms with Crippen LogP contribution in [0.15, 0.2) is 29.3 Å². The van der Waals surface area contributed by atoms with Gasteiger partial charge in [-0.3, -0.25) is 4.79 Å². The molecule has 0 unspecified atom stereocenters. The van der Waals surface area contributed by atoms with Gasteiger partial charge in [-0.2, -0.15) is 0 Å². The van der Waals surface area contributed by atoms with Gasteiger partial charge < -0.3 is 9.88 Å². The minimum Gasteiger partial charge on any atom is -0.361 e. The summed E-state index contributed by atoms with van der Waals surface area (Å²) in [5, 5.41) is 3.08. The summed E-state index contributed by atoms with van der Waals surface area (Å²) >= 11 is 1.72. The molecule has 1 N–H and O–H groups in total. The zero-order valence-corrected chi connectivity index (χ0v) is 10.8. The number of rotatable bonds is 4. The second kappa shape index (κ2) is 5.14. The summed E-state index contributed by atoms with van der Waals surface area (Å²) in [4.78, 5) is 18.4. The molecule has 0 amide bonds. The largest absolute Gasteiger partial charge is 0.361 e. The lowest BCUT2D eigenvalue weighted by Crippen LogP contribution is -2.23. The van der Waals surface area contributed by atoms with E-state index in [4.69, 9.17) is 0 Å². The van der Waals surface area contributed by atoms with Crippen LogP contribution in [0.2, 0.25) is 0 Å². The van der Waals surface area contributed by atoms with Crippen molar-refractivity contribution in [1.82, 2.24) is 9.55 Å². The van der Waals surface area contributed by atoms with Crippen LogP contribution in [0.1, 0.15) is 16.7 Å². The summed E-state index contributed by atoms with van der Waals surface area (Å²) in [6, 6.07) is 4.14. The van der Waals surface area contributed by atoms with Crippen molar-refractivity contribution in [1.29, 1.82) is 0 Å². The third-order valence-electron chi connectivity index (χ3n) is 2.48. The Morgan fingerprint density at radius 2 is 2.29 bits per heavy atom. The van der Waals surface area contributed by atoms with Crippen molar-refractivity contribution in [3.8, 4) is 0 Å². The molecule has 2 heterocycles. The molecule has 4 nitrogen and oxygen atoms in total. The first-order valence-electron chi connectivity index (χ1n) is 5.55. The van der Waals surface area contributed by atoms with Gasteiger partial charge in [-0.15, -0.1) is 11.3 Å². The zero-order chi connectivity index (χ0) is 12.3. The van der Waals surface area contributed by atoms with Crippen molar-refractivity contribution < 1.29 is 0 Å². The molecular weight excluding hydrogens is 234 g/mol. The summed E-state index contributed by atoms with van der Waals surface area (Å²) in [6.07, 6.45) is 3.34. The average Bonchev–Trinajstić information content (AvgIpc) is 2.74. The van der Waals surface area contributed by atoms with Crippen LogP contribution in [0.25, 0.3) is 0 Å². The first-order chi connectivity index (χ1) is 8.20. The number of hydrogen-bond acceptors (Lipinski definition) is 4. The highest BCUT2D eigenvalue weighted by molar-refractivity contribution is 7.11. The van der Waals surface area contributed by atoms with Gasteiger partial charge in [0.15, 0.2) is 5.82 Å². The molecule has 5 heteroatoms. The topological polar surface area (TPSA) is 46.9 Å². The molecular formula is C12H15N3OS. The Bertz CT molecular complexity index is 559. The highest BCUT2D eigenvalue weighted by Gasteiger charge is 2.03. The number of anilines is 1. The third kappa shape index (κ3) is 2.74. The van der Waals surface area contributed by atoms with Crippen LogP contribution in [0, 0.1) is 6.92 Å². The van der Waals surface area contributed by atoms with Gasteiger partial charge in [0, 0.05) is 28.7 Å². The van der Waals surface area contributed by atoms with E-state index in [-0.39, 0.29) is 5.56 Å². The number of nitrogens with one attached hydrogen (secondary N) is 1. The fraction of sp³-hybridized carbons (Fsp3) is 0.333. The van der Waals surface area contributed by atoms with Gasteiger partial charge in [-0.25, -0.2) is 4.98 Å². The Labute approximate surface area is 104 Å². The normalized spacial score (nSPS) is 10.5. The smallest absolute Gasteiger partial charge is 0.293 e. The predicted molar refractivity (Wildman–Crippen MR) is 70.6 cm³/mol. The number of thiophene rings is 1. The van der Waals surface area contributed by atoms with Crippen LogP contribution >= 0.6 is 11.3 Å². The van der Waals surface area contributed by atoms with Crippen molar-refractivity contribution in [2.45, 2.75) is 26.9 Å². The van der Waals surface area contributed by atoms with Crippen LogP contribution in [0.4, 0.5) is 5.82 Å². The van der Waals surface area contributed by atoms with Crippen LogP contribution in [0.5, 0.6) is 0 Å². The summed E-state index contributed by atoms with van der Waals surface area (Å²) in [7, 11) is 0. The third-order valence-corrected chi connectivity index (χ3v) is 3.48. The van der Waals surface area contributed by atoms with Crippen LogP contribution < -0.4 is 10.9 Å². The Morgan fingerprint density at radius 1 is 1.47 bits per heavy atom. The van der Waals surface area contributed by atoms with Crippen molar-refractivity contribution in [3.05, 3.63) is 44.6 Å². The predicted octanol–water partition coefficient (Wildman–Crippen LogP) is 2.25. The van der Waals surface area contributed by atoms with Crippen molar-refractivity contribution >= 4 is 17.2 Å². The molecule has 0 radical (unpaired) electrons. The lowest BCUT2D eigenvalue weighted by molar-refractivity contribution is 0.718. The van der Waals surface area contributed by atoms with Crippen molar-refractivity contribution in [2.24, 2.45) is 0 Å². The number of aromatic nitrogens is 2. The molecule has 2 aromatic rings. The maximum atomic E-state index is 11.9. The first-order valence-corrected chi connectivity index (χ1v) is 6.37. The highest BCUT2D eigenvalue weighted by atomic mass is 32.1. The molecule has 0 atom stereocenters. The summed E-state index contributed by atoms with van der Waals surface area (Å²) in [5.74, 6) is 0.417. The van der Waals surface area contributed by atoms with Gasteiger partial charge in [-0.05, 0) is 26.0 Å².